The highest BCUT2D eigenvalue weighted by molar-refractivity contribution is 7.13. The van der Waals surface area contributed by atoms with Crippen molar-refractivity contribution in [3.05, 3.63) is 64.2 Å². The van der Waals surface area contributed by atoms with E-state index >= 15 is 0 Å². The molecule has 1 N–H and O–H groups in total. The molecule has 1 aromatic carbocycles. The van der Waals surface area contributed by atoms with E-state index in [-0.39, 0.29) is 43.0 Å². The van der Waals surface area contributed by atoms with Gasteiger partial charge in [-0.2, -0.15) is 13.2 Å². The van der Waals surface area contributed by atoms with Crippen LogP contribution in [0, 0.1) is 17.5 Å². The zero-order valence-electron chi connectivity index (χ0n) is 21.7. The molecule has 1 aliphatic rings. The van der Waals surface area contributed by atoms with Gasteiger partial charge in [-0.3, -0.25) is 4.79 Å². The van der Waals surface area contributed by atoms with Gasteiger partial charge >= 0.3 is 12.3 Å². The van der Waals surface area contributed by atoms with E-state index in [1.54, 1.807) is 38.3 Å². The summed E-state index contributed by atoms with van der Waals surface area (Å²) in [6.07, 6.45) is -6.40. The molecule has 14 heteroatoms. The molecule has 3 aromatic rings. The van der Waals surface area contributed by atoms with Crippen LogP contribution in [-0.2, 0) is 35.2 Å². The average Bonchev–Trinajstić information content (AvgIpc) is 3.48. The second-order valence-corrected chi connectivity index (χ2v) is 11.2. The molecule has 1 aliphatic heterocycles. The molecular weight excluding hydrogens is 562 g/mol. The Morgan fingerprint density at radius 3 is 2.42 bits per heavy atom. The van der Waals surface area contributed by atoms with Gasteiger partial charge in [-0.05, 0) is 50.3 Å². The maximum Gasteiger partial charge on any atom is 0.449 e. The molecule has 0 saturated heterocycles. The second-order valence-electron chi connectivity index (χ2n) is 10.3. The molecule has 3 heterocycles. The molecule has 7 nitrogen and oxygen atoms in total. The number of alkyl halides is 3. The minimum Gasteiger partial charge on any atom is -0.444 e. The van der Waals surface area contributed by atoms with Crippen LogP contribution in [0.25, 0.3) is 10.6 Å². The van der Waals surface area contributed by atoms with E-state index in [0.29, 0.717) is 17.0 Å². The minimum atomic E-state index is -4.70. The van der Waals surface area contributed by atoms with Gasteiger partial charge in [0.15, 0.2) is 11.6 Å². The Hall–Kier alpha value is -3.55. The molecule has 2 aromatic heterocycles. The predicted molar refractivity (Wildman–Crippen MR) is 134 cm³/mol. The molecule has 0 fully saturated rings. The molecule has 4 rings (SSSR count). The lowest BCUT2D eigenvalue weighted by atomic mass is 10.0. The van der Waals surface area contributed by atoms with Crippen molar-refractivity contribution in [1.29, 1.82) is 0 Å². The Balaban J connectivity index is 1.58. The van der Waals surface area contributed by atoms with E-state index in [1.165, 1.54) is 16.2 Å². The summed E-state index contributed by atoms with van der Waals surface area (Å²) in [6.45, 7) is 4.40. The normalized spacial score (nSPS) is 14.6. The molecule has 0 saturated carbocycles. The molecule has 0 aliphatic carbocycles. The molecule has 0 unspecified atom stereocenters. The third kappa shape index (κ3) is 6.77. The molecule has 2 amide bonds. The molecule has 0 radical (unpaired) electrons. The standard InChI is InChI=1S/C26H26F6N4O3S/c1-25(2,3)39-24(38)33-15(9-14-10-17(28)18(29)12-16(14)27)11-21(37)35-6-7-36-19(13-35)22(20-5-4-8-40-20)34-23(36)26(30,31)32/h4-5,8,10,12,15H,6-7,9,11,13H2,1-3H3,(H,33,38)/t15-/m1/s1. The van der Waals surface area contributed by atoms with Gasteiger partial charge in [0.2, 0.25) is 11.7 Å². The van der Waals surface area contributed by atoms with Crippen molar-refractivity contribution >= 4 is 23.3 Å². The van der Waals surface area contributed by atoms with Gasteiger partial charge in [0.1, 0.15) is 17.1 Å². The van der Waals surface area contributed by atoms with Crippen molar-refractivity contribution in [2.45, 2.75) is 64.5 Å². The van der Waals surface area contributed by atoms with E-state index in [2.05, 4.69) is 10.3 Å². The third-order valence-electron chi connectivity index (χ3n) is 6.07. The number of amides is 2. The van der Waals surface area contributed by atoms with Crippen molar-refractivity contribution in [2.75, 3.05) is 6.54 Å². The Bertz CT molecular complexity index is 1400. The highest BCUT2D eigenvalue weighted by atomic mass is 32.1. The van der Waals surface area contributed by atoms with Gasteiger partial charge in [0.05, 0.1) is 17.1 Å². The number of nitrogens with one attached hydrogen (secondary N) is 1. The van der Waals surface area contributed by atoms with Gasteiger partial charge in [-0.1, -0.05) is 6.07 Å². The predicted octanol–water partition coefficient (Wildman–Crippen LogP) is 5.92. The number of halogens is 6. The summed E-state index contributed by atoms with van der Waals surface area (Å²) >= 11 is 1.21. The average molecular weight is 589 g/mol. The van der Waals surface area contributed by atoms with Gasteiger partial charge < -0.3 is 19.5 Å². The van der Waals surface area contributed by atoms with Crippen LogP contribution in [0.2, 0.25) is 0 Å². The van der Waals surface area contributed by atoms with Crippen LogP contribution < -0.4 is 5.32 Å². The first kappa shape index (κ1) is 29.4. The number of hydrogen-bond acceptors (Lipinski definition) is 5. The molecule has 40 heavy (non-hydrogen) atoms. The highest BCUT2D eigenvalue weighted by Gasteiger charge is 2.41. The SMILES string of the molecule is CC(C)(C)OC(=O)N[C@@H](CC(=O)N1CCn2c(C(F)(F)F)nc(-c3cccs3)c2C1)Cc1cc(F)c(F)cc1F. The maximum absolute atomic E-state index is 14.4. The minimum absolute atomic E-state index is 0.0755. The van der Waals surface area contributed by atoms with Crippen molar-refractivity contribution < 1.29 is 40.7 Å². The second kappa shape index (κ2) is 11.1. The van der Waals surface area contributed by atoms with Crippen LogP contribution in [0.15, 0.2) is 29.6 Å². The Labute approximate surface area is 229 Å². The number of imidazole rings is 1. The number of thiophene rings is 1. The molecule has 216 valence electrons. The Morgan fingerprint density at radius 2 is 1.80 bits per heavy atom. The Morgan fingerprint density at radius 1 is 1.10 bits per heavy atom. The van der Waals surface area contributed by atoms with E-state index in [0.717, 1.165) is 4.57 Å². The lowest BCUT2D eigenvalue weighted by Gasteiger charge is -2.31. The first-order chi connectivity index (χ1) is 18.6. The van der Waals surface area contributed by atoms with Crippen LogP contribution >= 0.6 is 11.3 Å². The number of ether oxygens (including phenoxy) is 1. The molecule has 1 atom stereocenters. The van der Waals surface area contributed by atoms with E-state index in [4.69, 9.17) is 4.74 Å². The van der Waals surface area contributed by atoms with Crippen LogP contribution in [0.5, 0.6) is 0 Å². The van der Waals surface area contributed by atoms with Crippen LogP contribution in [-0.4, -0.2) is 44.6 Å². The van der Waals surface area contributed by atoms with E-state index < -0.39 is 59.5 Å². The number of hydrogen-bond donors (Lipinski definition) is 1. The molecule has 0 bridgehead atoms. The molecule has 0 spiro atoms. The van der Waals surface area contributed by atoms with E-state index in [9.17, 15) is 35.9 Å². The summed E-state index contributed by atoms with van der Waals surface area (Å²) < 4.78 is 89.0. The van der Waals surface area contributed by atoms with Crippen LogP contribution in [0.4, 0.5) is 31.1 Å². The van der Waals surface area contributed by atoms with Gasteiger partial charge in [-0.15, -0.1) is 11.3 Å². The maximum atomic E-state index is 14.4. The number of benzene rings is 1. The number of nitrogens with zero attached hydrogens (tertiary/aromatic N) is 3. The summed E-state index contributed by atoms with van der Waals surface area (Å²) in [4.78, 5) is 31.5. The number of aromatic nitrogens is 2. The topological polar surface area (TPSA) is 76.5 Å². The lowest BCUT2D eigenvalue weighted by molar-refractivity contribution is -0.148. The monoisotopic (exact) mass is 588 g/mol. The fourth-order valence-electron chi connectivity index (χ4n) is 4.38. The van der Waals surface area contributed by atoms with Gasteiger partial charge in [0, 0.05) is 31.6 Å². The van der Waals surface area contributed by atoms with Gasteiger partial charge in [-0.25, -0.2) is 22.9 Å². The summed E-state index contributed by atoms with van der Waals surface area (Å²) in [5.41, 5.74) is -0.852. The van der Waals surface area contributed by atoms with Crippen molar-refractivity contribution in [3.63, 3.8) is 0 Å². The summed E-state index contributed by atoms with van der Waals surface area (Å²) in [6, 6.07) is 3.22. The van der Waals surface area contributed by atoms with Crippen LogP contribution in [0.3, 0.4) is 0 Å². The largest absolute Gasteiger partial charge is 0.449 e. The number of alkyl carbamates (subject to hydrolysis) is 1. The Kier molecular flexibility index (Phi) is 8.20. The van der Waals surface area contributed by atoms with Crippen molar-refractivity contribution in [2.24, 2.45) is 0 Å². The lowest BCUT2D eigenvalue weighted by Crippen LogP contribution is -2.45. The van der Waals surface area contributed by atoms with Gasteiger partial charge in [0.25, 0.3) is 0 Å². The molecular formula is C26H26F6N4O3S. The zero-order valence-corrected chi connectivity index (χ0v) is 22.6. The number of rotatable bonds is 6. The quantitative estimate of drug-likeness (QED) is 0.287. The highest BCUT2D eigenvalue weighted by Crippen LogP contribution is 2.37. The van der Waals surface area contributed by atoms with Crippen molar-refractivity contribution in [1.82, 2.24) is 19.8 Å². The van der Waals surface area contributed by atoms with E-state index in [1.807, 2.05) is 0 Å². The fourth-order valence-corrected chi connectivity index (χ4v) is 5.12. The smallest absolute Gasteiger partial charge is 0.444 e. The number of carbonyl (C=O) groups is 2. The van der Waals surface area contributed by atoms with Crippen LogP contribution in [0.1, 0.15) is 44.3 Å². The number of carbonyl (C=O) groups excluding carboxylic acids is 2. The van der Waals surface area contributed by atoms with Crippen molar-refractivity contribution in [3.8, 4) is 10.6 Å². The summed E-state index contributed by atoms with van der Waals surface area (Å²) in [7, 11) is 0. The fraction of sp³-hybridized carbons (Fsp3) is 0.423. The first-order valence-electron chi connectivity index (χ1n) is 12.2. The summed E-state index contributed by atoms with van der Waals surface area (Å²) in [5, 5.41) is 4.17. The third-order valence-corrected chi connectivity index (χ3v) is 6.94. The zero-order chi connectivity index (χ0) is 29.4. The number of fused-ring (bicyclic) bond motifs is 1. The summed E-state index contributed by atoms with van der Waals surface area (Å²) in [5.74, 6) is -5.37. The first-order valence-corrected chi connectivity index (χ1v) is 13.1.